The van der Waals surface area contributed by atoms with Gasteiger partial charge in [0, 0.05) is 44.8 Å². The number of hydroxylamine groups is 2. The van der Waals surface area contributed by atoms with Crippen molar-refractivity contribution in [1.29, 1.82) is 0 Å². The molecule has 0 saturated carbocycles. The molecule has 0 radical (unpaired) electrons. The second kappa shape index (κ2) is 16.1. The van der Waals surface area contributed by atoms with Gasteiger partial charge < -0.3 is 26.0 Å². The molecule has 43 heavy (non-hydrogen) atoms. The van der Waals surface area contributed by atoms with Crippen LogP contribution < -0.4 is 20.9 Å². The molecule has 9 heteroatoms. The molecule has 0 aromatic heterocycles. The molecule has 0 spiro atoms. The van der Waals surface area contributed by atoms with Crippen LogP contribution >= 0.6 is 0 Å². The highest BCUT2D eigenvalue weighted by atomic mass is 16.7. The number of carbonyl (C=O) groups excluding carboxylic acids is 2. The summed E-state index contributed by atoms with van der Waals surface area (Å²) < 4.78 is 0. The Morgan fingerprint density at radius 3 is 2.19 bits per heavy atom. The second-order valence-corrected chi connectivity index (χ2v) is 11.4. The van der Waals surface area contributed by atoms with Gasteiger partial charge in [-0.25, -0.2) is 4.79 Å². The van der Waals surface area contributed by atoms with Crippen molar-refractivity contribution < 1.29 is 19.5 Å². The highest BCUT2D eigenvalue weighted by Crippen LogP contribution is 2.34. The molecule has 3 aromatic carbocycles. The van der Waals surface area contributed by atoms with Crippen LogP contribution in [0.3, 0.4) is 0 Å². The number of benzene rings is 3. The SMILES string of the molecule is CC(C)[C@H]1[C@@H](CO)ON(Cc2cccc(CNC(=O)NCc3ccccc3)c2)[C@H]1C(=O)NCCCN(C)c1ccccc1. The van der Waals surface area contributed by atoms with Crippen LogP contribution in [0.5, 0.6) is 0 Å². The summed E-state index contributed by atoms with van der Waals surface area (Å²) in [5.41, 5.74) is 4.06. The Morgan fingerprint density at radius 1 is 0.884 bits per heavy atom. The molecule has 9 nitrogen and oxygen atoms in total. The zero-order valence-electron chi connectivity index (χ0n) is 25.4. The number of hydrogen-bond donors (Lipinski definition) is 4. The predicted molar refractivity (Wildman–Crippen MR) is 169 cm³/mol. The fourth-order valence-corrected chi connectivity index (χ4v) is 5.58. The second-order valence-electron chi connectivity index (χ2n) is 11.4. The number of aliphatic hydroxyl groups is 1. The summed E-state index contributed by atoms with van der Waals surface area (Å²) >= 11 is 0. The van der Waals surface area contributed by atoms with Crippen molar-refractivity contribution in [3.05, 3.63) is 102 Å². The lowest BCUT2D eigenvalue weighted by atomic mass is 9.84. The number of amides is 3. The van der Waals surface area contributed by atoms with Crippen LogP contribution in [-0.2, 0) is 29.3 Å². The maximum atomic E-state index is 13.6. The van der Waals surface area contributed by atoms with Gasteiger partial charge in [0.2, 0.25) is 5.91 Å². The molecule has 0 bridgehead atoms. The normalized spacial score (nSPS) is 18.4. The zero-order chi connectivity index (χ0) is 30.6. The third kappa shape index (κ3) is 9.28. The van der Waals surface area contributed by atoms with Crippen molar-refractivity contribution in [3.8, 4) is 0 Å². The van der Waals surface area contributed by atoms with Crippen molar-refractivity contribution in [2.24, 2.45) is 11.8 Å². The number of nitrogens with one attached hydrogen (secondary N) is 3. The third-order valence-electron chi connectivity index (χ3n) is 7.84. The minimum Gasteiger partial charge on any atom is -0.394 e. The number of hydrogen-bond acceptors (Lipinski definition) is 6. The van der Waals surface area contributed by atoms with E-state index in [-0.39, 0.29) is 30.4 Å². The monoisotopic (exact) mass is 587 g/mol. The van der Waals surface area contributed by atoms with Gasteiger partial charge in [0.25, 0.3) is 0 Å². The van der Waals surface area contributed by atoms with Crippen LogP contribution in [0, 0.1) is 11.8 Å². The molecule has 1 aliphatic rings. The van der Waals surface area contributed by atoms with E-state index in [1.165, 1.54) is 0 Å². The molecule has 1 fully saturated rings. The van der Waals surface area contributed by atoms with E-state index in [9.17, 15) is 14.7 Å². The molecule has 4 rings (SSSR count). The lowest BCUT2D eigenvalue weighted by molar-refractivity contribution is -0.181. The lowest BCUT2D eigenvalue weighted by Gasteiger charge is -2.27. The third-order valence-corrected chi connectivity index (χ3v) is 7.84. The number of anilines is 1. The van der Waals surface area contributed by atoms with Crippen LogP contribution in [-0.4, -0.2) is 61.0 Å². The van der Waals surface area contributed by atoms with E-state index in [1.54, 1.807) is 5.06 Å². The summed E-state index contributed by atoms with van der Waals surface area (Å²) in [7, 11) is 2.05. The average molecular weight is 588 g/mol. The Morgan fingerprint density at radius 2 is 1.51 bits per heavy atom. The molecule has 230 valence electrons. The van der Waals surface area contributed by atoms with Crippen LogP contribution in [0.25, 0.3) is 0 Å². The van der Waals surface area contributed by atoms with Gasteiger partial charge in [0.05, 0.1) is 13.2 Å². The quantitative estimate of drug-likeness (QED) is 0.212. The first-order valence-electron chi connectivity index (χ1n) is 15.1. The van der Waals surface area contributed by atoms with E-state index in [0.29, 0.717) is 26.2 Å². The molecule has 1 saturated heterocycles. The maximum Gasteiger partial charge on any atom is 0.315 e. The van der Waals surface area contributed by atoms with Crippen molar-refractivity contribution >= 4 is 17.6 Å². The number of rotatable bonds is 14. The molecular weight excluding hydrogens is 542 g/mol. The minimum atomic E-state index is -0.533. The molecule has 0 aliphatic carbocycles. The van der Waals surface area contributed by atoms with Gasteiger partial charge in [-0.15, -0.1) is 0 Å². The predicted octanol–water partition coefficient (Wildman–Crippen LogP) is 4.08. The van der Waals surface area contributed by atoms with Crippen molar-refractivity contribution in [2.75, 3.05) is 31.6 Å². The maximum absolute atomic E-state index is 13.6. The van der Waals surface area contributed by atoms with Gasteiger partial charge in [-0.2, -0.15) is 5.06 Å². The highest BCUT2D eigenvalue weighted by Gasteiger charge is 2.48. The summed E-state index contributed by atoms with van der Waals surface area (Å²) in [4.78, 5) is 34.2. The molecule has 0 unspecified atom stereocenters. The zero-order valence-corrected chi connectivity index (χ0v) is 25.4. The summed E-state index contributed by atoms with van der Waals surface area (Å²) in [6.07, 6.45) is 0.340. The standard InChI is InChI=1S/C34H45N5O4/c1-25(2)31-30(24-40)43-39(32(31)33(41)35-18-11-19-38(3)29-16-8-5-9-17-29)23-28-15-10-14-27(20-28)22-37-34(42)36-21-26-12-6-4-7-13-26/h4-10,12-17,20,25,30-32,40H,11,18-19,21-24H2,1-3H3,(H,35,41)(H2,36,37,42)/t30-,31+,32-/m1/s1. The van der Waals surface area contributed by atoms with Crippen molar-refractivity contribution in [2.45, 2.75) is 52.0 Å². The van der Waals surface area contributed by atoms with E-state index in [2.05, 4.69) is 46.8 Å². The Bertz CT molecular complexity index is 1290. The topological polar surface area (TPSA) is 106 Å². The number of para-hydroxylation sites is 1. The van der Waals surface area contributed by atoms with Gasteiger partial charge in [-0.1, -0.05) is 86.6 Å². The molecular formula is C34H45N5O4. The van der Waals surface area contributed by atoms with Crippen molar-refractivity contribution in [3.63, 3.8) is 0 Å². The number of urea groups is 1. The average Bonchev–Trinajstić information content (AvgIpc) is 3.40. The van der Waals surface area contributed by atoms with Crippen molar-refractivity contribution in [1.82, 2.24) is 21.0 Å². The van der Waals surface area contributed by atoms with E-state index in [1.807, 2.05) is 79.8 Å². The summed E-state index contributed by atoms with van der Waals surface area (Å²) in [6.45, 7) is 6.51. The summed E-state index contributed by atoms with van der Waals surface area (Å²) in [5.74, 6) is -0.118. The molecule has 3 aromatic rings. The van der Waals surface area contributed by atoms with E-state index >= 15 is 0 Å². The largest absolute Gasteiger partial charge is 0.394 e. The summed E-state index contributed by atoms with van der Waals surface area (Å²) in [6, 6.07) is 27.0. The van der Waals surface area contributed by atoms with Gasteiger partial charge in [-0.3, -0.25) is 9.63 Å². The van der Waals surface area contributed by atoms with Gasteiger partial charge in [0.15, 0.2) is 0 Å². The molecule has 1 heterocycles. The fraction of sp³-hybridized carbons (Fsp3) is 0.412. The Kier molecular flexibility index (Phi) is 12.0. The van der Waals surface area contributed by atoms with Gasteiger partial charge in [0.1, 0.15) is 12.1 Å². The molecule has 3 atom stereocenters. The van der Waals surface area contributed by atoms with Crippen LogP contribution in [0.4, 0.5) is 10.5 Å². The molecule has 1 aliphatic heterocycles. The Hall–Kier alpha value is -3.92. The number of nitrogens with zero attached hydrogens (tertiary/aromatic N) is 2. The first kappa shape index (κ1) is 32.0. The first-order valence-corrected chi connectivity index (χ1v) is 15.1. The number of carbonyl (C=O) groups is 2. The van der Waals surface area contributed by atoms with Crippen LogP contribution in [0.15, 0.2) is 84.9 Å². The Balaban J connectivity index is 1.33. The number of aliphatic hydroxyl groups excluding tert-OH is 1. The van der Waals surface area contributed by atoms with E-state index in [4.69, 9.17) is 4.84 Å². The first-order chi connectivity index (χ1) is 20.9. The molecule has 4 N–H and O–H groups in total. The van der Waals surface area contributed by atoms with Crippen LogP contribution in [0.2, 0.25) is 0 Å². The minimum absolute atomic E-state index is 0.0927. The van der Waals surface area contributed by atoms with Crippen LogP contribution in [0.1, 0.15) is 37.0 Å². The highest BCUT2D eigenvalue weighted by molar-refractivity contribution is 5.82. The van der Waals surface area contributed by atoms with Gasteiger partial charge in [-0.05, 0) is 41.2 Å². The fourth-order valence-electron chi connectivity index (χ4n) is 5.58. The van der Waals surface area contributed by atoms with Gasteiger partial charge >= 0.3 is 6.03 Å². The summed E-state index contributed by atoms with van der Waals surface area (Å²) in [5, 5.41) is 20.7. The van der Waals surface area contributed by atoms with E-state index < -0.39 is 12.1 Å². The molecule has 3 amide bonds. The lowest BCUT2D eigenvalue weighted by Crippen LogP contribution is -2.48. The van der Waals surface area contributed by atoms with E-state index in [0.717, 1.165) is 35.3 Å². The Labute approximate surface area is 255 Å². The smallest absolute Gasteiger partial charge is 0.315 e.